The maximum absolute atomic E-state index is 11.4. The van der Waals surface area contributed by atoms with Crippen LogP contribution in [0.1, 0.15) is 26.2 Å². The summed E-state index contributed by atoms with van der Waals surface area (Å²) in [5.41, 5.74) is 0. The summed E-state index contributed by atoms with van der Waals surface area (Å²) in [4.78, 5) is 11.4. The first kappa shape index (κ1) is 8.05. The van der Waals surface area contributed by atoms with E-state index in [4.69, 9.17) is 0 Å². The van der Waals surface area contributed by atoms with Crippen molar-refractivity contribution in [2.75, 3.05) is 6.54 Å². The molecule has 1 amide bonds. The molecule has 12 heavy (non-hydrogen) atoms. The molecule has 1 aliphatic heterocycles. The molecule has 0 aromatic carbocycles. The Hall–Kier alpha value is -0.570. The van der Waals surface area contributed by atoms with E-state index in [1.807, 2.05) is 6.92 Å². The molecule has 3 nitrogen and oxygen atoms in total. The van der Waals surface area contributed by atoms with Crippen LogP contribution in [0.2, 0.25) is 0 Å². The number of amides is 1. The molecular formula is C9H16N2O. The number of nitrogens with one attached hydrogen (secondary N) is 2. The first-order chi connectivity index (χ1) is 5.75. The average Bonchev–Trinajstić information content (AvgIpc) is 2.79. The minimum absolute atomic E-state index is 0.0914. The van der Waals surface area contributed by atoms with Gasteiger partial charge < -0.3 is 10.6 Å². The molecule has 2 aliphatic rings. The second kappa shape index (κ2) is 3.05. The van der Waals surface area contributed by atoms with Crippen LogP contribution < -0.4 is 10.6 Å². The highest BCUT2D eigenvalue weighted by Crippen LogP contribution is 2.33. The van der Waals surface area contributed by atoms with E-state index in [-0.39, 0.29) is 11.9 Å². The third-order valence-electron chi connectivity index (χ3n) is 2.64. The number of rotatable bonds is 2. The molecule has 0 spiro atoms. The quantitative estimate of drug-likeness (QED) is 0.621. The summed E-state index contributed by atoms with van der Waals surface area (Å²) in [6.07, 6.45) is 3.68. The van der Waals surface area contributed by atoms with Crippen molar-refractivity contribution in [3.05, 3.63) is 0 Å². The summed E-state index contributed by atoms with van der Waals surface area (Å²) >= 11 is 0. The van der Waals surface area contributed by atoms with Gasteiger partial charge in [-0.15, -0.1) is 0 Å². The zero-order chi connectivity index (χ0) is 8.55. The normalized spacial score (nSPS) is 36.2. The zero-order valence-corrected chi connectivity index (χ0v) is 7.47. The van der Waals surface area contributed by atoms with Crippen molar-refractivity contribution in [2.24, 2.45) is 5.92 Å². The first-order valence-electron chi connectivity index (χ1n) is 4.79. The summed E-state index contributed by atoms with van der Waals surface area (Å²) in [7, 11) is 0. The number of carbonyl (C=O) groups excluding carboxylic acids is 1. The van der Waals surface area contributed by atoms with Crippen LogP contribution in [0.4, 0.5) is 0 Å². The fourth-order valence-corrected chi connectivity index (χ4v) is 1.68. The Balaban J connectivity index is 1.84. The van der Waals surface area contributed by atoms with Crippen LogP contribution in [0.15, 0.2) is 0 Å². The van der Waals surface area contributed by atoms with Gasteiger partial charge in [-0.05, 0) is 19.3 Å². The maximum atomic E-state index is 11.4. The number of carbonyl (C=O) groups is 1. The maximum Gasteiger partial charge on any atom is 0.237 e. The van der Waals surface area contributed by atoms with Gasteiger partial charge in [-0.2, -0.15) is 0 Å². The average molecular weight is 168 g/mol. The highest BCUT2D eigenvalue weighted by atomic mass is 16.2. The fraction of sp³-hybridized carbons (Fsp3) is 0.889. The van der Waals surface area contributed by atoms with Crippen molar-refractivity contribution in [1.29, 1.82) is 0 Å². The van der Waals surface area contributed by atoms with E-state index in [9.17, 15) is 4.79 Å². The SMILES string of the molecule is CC1CNC(CC2CC2)C(=O)N1. The van der Waals surface area contributed by atoms with E-state index in [1.165, 1.54) is 12.8 Å². The van der Waals surface area contributed by atoms with Crippen LogP contribution in [0.25, 0.3) is 0 Å². The van der Waals surface area contributed by atoms with Gasteiger partial charge >= 0.3 is 0 Å². The summed E-state index contributed by atoms with van der Waals surface area (Å²) in [6.45, 7) is 2.95. The van der Waals surface area contributed by atoms with Crippen LogP contribution >= 0.6 is 0 Å². The molecule has 1 heterocycles. The molecule has 2 fully saturated rings. The molecule has 68 valence electrons. The highest BCUT2D eigenvalue weighted by molar-refractivity contribution is 5.82. The van der Waals surface area contributed by atoms with Crippen molar-refractivity contribution in [1.82, 2.24) is 10.6 Å². The Morgan fingerprint density at radius 1 is 1.50 bits per heavy atom. The third-order valence-corrected chi connectivity index (χ3v) is 2.64. The largest absolute Gasteiger partial charge is 0.351 e. The van der Waals surface area contributed by atoms with Gasteiger partial charge in [0.25, 0.3) is 0 Å². The molecule has 1 saturated heterocycles. The lowest BCUT2D eigenvalue weighted by atomic mass is 10.1. The van der Waals surface area contributed by atoms with Gasteiger partial charge in [-0.25, -0.2) is 0 Å². The van der Waals surface area contributed by atoms with Gasteiger partial charge in [0.05, 0.1) is 6.04 Å². The summed E-state index contributed by atoms with van der Waals surface area (Å²) in [5.74, 6) is 1.02. The topological polar surface area (TPSA) is 41.1 Å². The van der Waals surface area contributed by atoms with Crippen molar-refractivity contribution in [3.8, 4) is 0 Å². The smallest absolute Gasteiger partial charge is 0.237 e. The number of hydrogen-bond donors (Lipinski definition) is 2. The Labute approximate surface area is 72.9 Å². The summed E-state index contributed by atoms with van der Waals surface area (Å²) < 4.78 is 0. The molecule has 2 N–H and O–H groups in total. The van der Waals surface area contributed by atoms with E-state index in [0.29, 0.717) is 6.04 Å². The van der Waals surface area contributed by atoms with Gasteiger partial charge in [-0.1, -0.05) is 12.8 Å². The molecule has 2 rings (SSSR count). The molecule has 1 saturated carbocycles. The zero-order valence-electron chi connectivity index (χ0n) is 7.47. The van der Waals surface area contributed by atoms with Gasteiger partial charge in [0.1, 0.15) is 0 Å². The Morgan fingerprint density at radius 3 is 2.83 bits per heavy atom. The Kier molecular flexibility index (Phi) is 2.05. The molecule has 1 aliphatic carbocycles. The lowest BCUT2D eigenvalue weighted by Crippen LogP contribution is -2.57. The van der Waals surface area contributed by atoms with E-state index < -0.39 is 0 Å². The predicted octanol–water partition coefficient (Wildman–Crippen LogP) is 0.263. The predicted molar refractivity (Wildman–Crippen MR) is 46.7 cm³/mol. The standard InChI is InChI=1S/C9H16N2O/c1-6-5-10-8(9(12)11-6)4-7-2-3-7/h6-8,10H,2-5H2,1H3,(H,11,12). The Bertz CT molecular complexity index is 189. The van der Waals surface area contributed by atoms with Crippen LogP contribution in [0.3, 0.4) is 0 Å². The molecule has 0 bridgehead atoms. The van der Waals surface area contributed by atoms with Gasteiger partial charge in [-0.3, -0.25) is 4.79 Å². The highest BCUT2D eigenvalue weighted by Gasteiger charge is 2.31. The van der Waals surface area contributed by atoms with E-state index in [0.717, 1.165) is 18.9 Å². The molecule has 3 heteroatoms. The number of piperazine rings is 1. The third kappa shape index (κ3) is 1.78. The second-order valence-corrected chi connectivity index (χ2v) is 4.05. The van der Waals surface area contributed by atoms with Crippen LogP contribution in [-0.2, 0) is 4.79 Å². The summed E-state index contributed by atoms with van der Waals surface area (Å²) in [6, 6.07) is 0.390. The molecule has 0 aromatic rings. The fourth-order valence-electron chi connectivity index (χ4n) is 1.68. The van der Waals surface area contributed by atoms with Crippen molar-refractivity contribution < 1.29 is 4.79 Å². The monoisotopic (exact) mass is 168 g/mol. The minimum Gasteiger partial charge on any atom is -0.351 e. The van der Waals surface area contributed by atoms with Crippen LogP contribution in [-0.4, -0.2) is 24.5 Å². The molecule has 0 radical (unpaired) electrons. The minimum atomic E-state index is 0.0914. The lowest BCUT2D eigenvalue weighted by molar-refractivity contribution is -0.125. The van der Waals surface area contributed by atoms with E-state index in [2.05, 4.69) is 10.6 Å². The molecule has 2 atom stereocenters. The lowest BCUT2D eigenvalue weighted by Gasteiger charge is -2.28. The molecular weight excluding hydrogens is 152 g/mol. The van der Waals surface area contributed by atoms with Crippen LogP contribution in [0.5, 0.6) is 0 Å². The van der Waals surface area contributed by atoms with Gasteiger partial charge in [0.15, 0.2) is 0 Å². The summed E-state index contributed by atoms with van der Waals surface area (Å²) in [5, 5.41) is 6.24. The van der Waals surface area contributed by atoms with Gasteiger partial charge in [0, 0.05) is 12.6 Å². The first-order valence-corrected chi connectivity index (χ1v) is 4.79. The number of hydrogen-bond acceptors (Lipinski definition) is 2. The molecule has 0 aromatic heterocycles. The van der Waals surface area contributed by atoms with E-state index in [1.54, 1.807) is 0 Å². The van der Waals surface area contributed by atoms with Crippen LogP contribution in [0, 0.1) is 5.92 Å². The van der Waals surface area contributed by atoms with Crippen molar-refractivity contribution >= 4 is 5.91 Å². The molecule has 2 unspecified atom stereocenters. The Morgan fingerprint density at radius 2 is 2.25 bits per heavy atom. The van der Waals surface area contributed by atoms with Crippen molar-refractivity contribution in [2.45, 2.75) is 38.3 Å². The van der Waals surface area contributed by atoms with Gasteiger partial charge in [0.2, 0.25) is 5.91 Å². The second-order valence-electron chi connectivity index (χ2n) is 4.05. The van der Waals surface area contributed by atoms with E-state index >= 15 is 0 Å². The van der Waals surface area contributed by atoms with Crippen molar-refractivity contribution in [3.63, 3.8) is 0 Å².